The van der Waals surface area contributed by atoms with Crippen LogP contribution in [0.25, 0.3) is 0 Å². The largest absolute Gasteiger partial charge is 0.493 e. The lowest BCUT2D eigenvalue weighted by Crippen LogP contribution is -2.22. The van der Waals surface area contributed by atoms with Crippen LogP contribution in [0.15, 0.2) is 18.2 Å². The number of rotatable bonds is 8. The van der Waals surface area contributed by atoms with Gasteiger partial charge in [0.05, 0.1) is 12.2 Å². The van der Waals surface area contributed by atoms with Gasteiger partial charge in [-0.15, -0.1) is 0 Å². The van der Waals surface area contributed by atoms with Crippen molar-refractivity contribution >= 4 is 11.6 Å². The fraction of sp³-hybridized carbons (Fsp3) is 0.625. The van der Waals surface area contributed by atoms with Gasteiger partial charge in [-0.3, -0.25) is 0 Å². The average Bonchev–Trinajstić information content (AvgIpc) is 2.30. The molecule has 1 aromatic carbocycles. The highest BCUT2D eigenvalue weighted by Gasteiger charge is 2.14. The molecule has 0 radical (unpaired) electrons. The van der Waals surface area contributed by atoms with Gasteiger partial charge in [0.25, 0.3) is 0 Å². The summed E-state index contributed by atoms with van der Waals surface area (Å²) in [5.74, 6) is 1.38. The first-order valence-electron chi connectivity index (χ1n) is 7.13. The predicted molar refractivity (Wildman–Crippen MR) is 84.4 cm³/mol. The zero-order chi connectivity index (χ0) is 15.2. The van der Waals surface area contributed by atoms with Crippen LogP contribution in [0.5, 0.6) is 5.75 Å². The Balaban J connectivity index is 2.63. The molecule has 0 atom stereocenters. The van der Waals surface area contributed by atoms with E-state index < -0.39 is 5.60 Å². The second kappa shape index (κ2) is 7.87. The molecule has 0 amide bonds. The molecule has 114 valence electrons. The van der Waals surface area contributed by atoms with Crippen LogP contribution in [0.4, 0.5) is 0 Å². The van der Waals surface area contributed by atoms with Crippen molar-refractivity contribution in [3.05, 3.63) is 28.8 Å². The molecule has 0 spiro atoms. The van der Waals surface area contributed by atoms with Crippen molar-refractivity contribution in [1.82, 2.24) is 5.32 Å². The Morgan fingerprint density at radius 3 is 2.65 bits per heavy atom. The van der Waals surface area contributed by atoms with E-state index in [1.165, 1.54) is 0 Å². The van der Waals surface area contributed by atoms with Crippen molar-refractivity contribution in [3.8, 4) is 5.75 Å². The molecule has 0 saturated heterocycles. The van der Waals surface area contributed by atoms with Gasteiger partial charge in [0.15, 0.2) is 0 Å². The molecule has 0 aliphatic carbocycles. The van der Waals surface area contributed by atoms with Gasteiger partial charge < -0.3 is 15.2 Å². The summed E-state index contributed by atoms with van der Waals surface area (Å²) < 4.78 is 5.77. The lowest BCUT2D eigenvalue weighted by atomic mass is 10.1. The zero-order valence-corrected chi connectivity index (χ0v) is 13.6. The summed E-state index contributed by atoms with van der Waals surface area (Å²) in [4.78, 5) is 0. The maximum Gasteiger partial charge on any atom is 0.125 e. The number of aliphatic hydroxyl groups is 1. The highest BCUT2D eigenvalue weighted by Crippen LogP contribution is 2.26. The van der Waals surface area contributed by atoms with Gasteiger partial charge in [-0.25, -0.2) is 0 Å². The van der Waals surface area contributed by atoms with Gasteiger partial charge in [-0.05, 0) is 38.4 Å². The van der Waals surface area contributed by atoms with Gasteiger partial charge >= 0.3 is 0 Å². The highest BCUT2D eigenvalue weighted by molar-refractivity contribution is 6.31. The van der Waals surface area contributed by atoms with E-state index >= 15 is 0 Å². The van der Waals surface area contributed by atoms with E-state index in [2.05, 4.69) is 19.2 Å². The van der Waals surface area contributed by atoms with Crippen LogP contribution in [-0.4, -0.2) is 23.9 Å². The number of nitrogens with one attached hydrogen (secondary N) is 1. The second-order valence-electron chi connectivity index (χ2n) is 6.15. The minimum atomic E-state index is -0.714. The number of hydrogen-bond acceptors (Lipinski definition) is 3. The van der Waals surface area contributed by atoms with Crippen molar-refractivity contribution in [2.45, 2.75) is 46.3 Å². The fourth-order valence-electron chi connectivity index (χ4n) is 1.74. The summed E-state index contributed by atoms with van der Waals surface area (Å²) in [5.41, 5.74) is 0.264. The first kappa shape index (κ1) is 17.3. The molecular weight excluding hydrogens is 274 g/mol. The number of benzene rings is 1. The molecule has 0 fully saturated rings. The molecule has 0 aromatic heterocycles. The maximum absolute atomic E-state index is 9.70. The lowest BCUT2D eigenvalue weighted by molar-refractivity contribution is 0.0552. The van der Waals surface area contributed by atoms with E-state index in [9.17, 15) is 5.11 Å². The Labute approximate surface area is 127 Å². The van der Waals surface area contributed by atoms with E-state index in [1.807, 2.05) is 18.2 Å². The molecule has 0 aliphatic rings. The van der Waals surface area contributed by atoms with Gasteiger partial charge in [-0.2, -0.15) is 0 Å². The average molecular weight is 300 g/mol. The van der Waals surface area contributed by atoms with Crippen LogP contribution in [0.1, 0.15) is 39.7 Å². The number of halogens is 1. The summed E-state index contributed by atoms with van der Waals surface area (Å²) in [5, 5.41) is 13.8. The second-order valence-corrected chi connectivity index (χ2v) is 6.56. The third kappa shape index (κ3) is 6.60. The molecule has 3 nitrogen and oxygen atoms in total. The maximum atomic E-state index is 9.70. The Bertz CT molecular complexity index is 413. The minimum absolute atomic E-state index is 0.473. The highest BCUT2D eigenvalue weighted by atomic mass is 35.5. The van der Waals surface area contributed by atoms with Gasteiger partial charge in [0.2, 0.25) is 0 Å². The van der Waals surface area contributed by atoms with Crippen molar-refractivity contribution in [3.63, 3.8) is 0 Å². The molecule has 0 aliphatic heterocycles. The van der Waals surface area contributed by atoms with Crippen LogP contribution in [-0.2, 0) is 6.54 Å². The van der Waals surface area contributed by atoms with Crippen LogP contribution in [0, 0.1) is 5.92 Å². The minimum Gasteiger partial charge on any atom is -0.493 e. The number of hydrogen-bond donors (Lipinski definition) is 2. The van der Waals surface area contributed by atoms with E-state index in [4.69, 9.17) is 16.3 Å². The van der Waals surface area contributed by atoms with Crippen molar-refractivity contribution in [2.75, 3.05) is 13.2 Å². The van der Waals surface area contributed by atoms with E-state index in [0.717, 1.165) is 17.9 Å². The summed E-state index contributed by atoms with van der Waals surface area (Å²) in [6.45, 7) is 9.99. The molecule has 20 heavy (non-hydrogen) atoms. The van der Waals surface area contributed by atoms with E-state index in [1.54, 1.807) is 13.8 Å². The van der Waals surface area contributed by atoms with E-state index in [-0.39, 0.29) is 0 Å². The monoisotopic (exact) mass is 299 g/mol. The summed E-state index contributed by atoms with van der Waals surface area (Å²) in [6, 6.07) is 5.67. The molecule has 0 bridgehead atoms. The van der Waals surface area contributed by atoms with Crippen LogP contribution in [0.2, 0.25) is 5.02 Å². The van der Waals surface area contributed by atoms with Gasteiger partial charge in [0, 0.05) is 23.6 Å². The molecule has 0 unspecified atom stereocenters. The Kier molecular flexibility index (Phi) is 6.80. The summed E-state index contributed by atoms with van der Waals surface area (Å²) in [7, 11) is 0. The smallest absolute Gasteiger partial charge is 0.125 e. The Morgan fingerprint density at radius 1 is 1.35 bits per heavy atom. The van der Waals surface area contributed by atoms with E-state index in [0.29, 0.717) is 30.5 Å². The summed E-state index contributed by atoms with van der Waals surface area (Å²) in [6.07, 6.45) is 0.582. The Morgan fingerprint density at radius 2 is 2.05 bits per heavy atom. The summed E-state index contributed by atoms with van der Waals surface area (Å²) >= 11 is 6.24. The van der Waals surface area contributed by atoms with Crippen LogP contribution in [0.3, 0.4) is 0 Å². The molecule has 0 heterocycles. The van der Waals surface area contributed by atoms with Gasteiger partial charge in [0.1, 0.15) is 5.75 Å². The molecule has 4 heteroatoms. The number of ether oxygens (including phenoxy) is 1. The first-order chi connectivity index (χ1) is 9.29. The molecule has 1 aromatic rings. The zero-order valence-electron chi connectivity index (χ0n) is 12.9. The van der Waals surface area contributed by atoms with Crippen LogP contribution >= 0.6 is 11.6 Å². The van der Waals surface area contributed by atoms with Gasteiger partial charge in [-0.1, -0.05) is 31.5 Å². The molecule has 2 N–H and O–H groups in total. The standard InChI is InChI=1S/C16H26ClNO2/c1-12(2)10-18-11-13-14(17)6-5-7-15(13)20-9-8-16(3,4)19/h5-7,12,18-19H,8-11H2,1-4H3. The fourth-order valence-corrected chi connectivity index (χ4v) is 1.97. The SMILES string of the molecule is CC(C)CNCc1c(Cl)cccc1OCCC(C)(C)O. The van der Waals surface area contributed by atoms with Crippen LogP contribution < -0.4 is 10.1 Å². The third-order valence-corrected chi connectivity index (χ3v) is 3.26. The predicted octanol–water partition coefficient (Wildman–Crippen LogP) is 3.63. The topological polar surface area (TPSA) is 41.5 Å². The first-order valence-corrected chi connectivity index (χ1v) is 7.50. The molecule has 1 rings (SSSR count). The lowest BCUT2D eigenvalue weighted by Gasteiger charge is -2.19. The molecule has 0 saturated carbocycles. The Hall–Kier alpha value is -0.770. The normalized spacial score (nSPS) is 11.9. The van der Waals surface area contributed by atoms with Crippen molar-refractivity contribution in [2.24, 2.45) is 5.92 Å². The molecular formula is C16H26ClNO2. The quantitative estimate of drug-likeness (QED) is 0.770. The van der Waals surface area contributed by atoms with Crippen molar-refractivity contribution < 1.29 is 9.84 Å². The van der Waals surface area contributed by atoms with Crippen molar-refractivity contribution in [1.29, 1.82) is 0 Å². The third-order valence-electron chi connectivity index (χ3n) is 2.90.